The zero-order valence-corrected chi connectivity index (χ0v) is 19.0. The smallest absolute Gasteiger partial charge is 0.234 e. The molecule has 2 heterocycles. The summed E-state index contributed by atoms with van der Waals surface area (Å²) >= 11 is 0. The van der Waals surface area contributed by atoms with Crippen LogP contribution in [0.25, 0.3) is 0 Å². The number of hydrogen-bond acceptors (Lipinski definition) is 6. The lowest BCUT2D eigenvalue weighted by Gasteiger charge is -2.42. The molecule has 0 spiro atoms. The monoisotopic (exact) mass is 439 g/mol. The number of amides is 1. The standard InChI is InChI=1S/C25H37N5O2/c26-14-19-6-10-24(11-7-19)32-13-12-20(27)15-30-22-8-9-23(30)17-29(16-22)18-25(31)28-21-4-2-1-3-5-21/h6-7,10-11,20-23H,1-5,8-9,12-13,15-18,27H2,(H,28,31). The van der Waals surface area contributed by atoms with E-state index in [2.05, 4.69) is 21.2 Å². The van der Waals surface area contributed by atoms with Crippen molar-refractivity contribution in [1.29, 1.82) is 5.26 Å². The Balaban J connectivity index is 1.17. The summed E-state index contributed by atoms with van der Waals surface area (Å²) in [6.07, 6.45) is 9.25. The molecule has 3 N–H and O–H groups in total. The van der Waals surface area contributed by atoms with Crippen LogP contribution in [0.2, 0.25) is 0 Å². The molecule has 0 aromatic heterocycles. The summed E-state index contributed by atoms with van der Waals surface area (Å²) in [6.45, 7) is 3.91. The van der Waals surface area contributed by atoms with Gasteiger partial charge in [-0.15, -0.1) is 0 Å². The number of rotatable bonds is 9. The minimum Gasteiger partial charge on any atom is -0.494 e. The number of carbonyl (C=O) groups is 1. The lowest BCUT2D eigenvalue weighted by molar-refractivity contribution is -0.124. The SMILES string of the molecule is N#Cc1ccc(OCCC(N)CN2C3CCC2CN(CC(=O)NC2CCCCC2)C3)cc1. The van der Waals surface area contributed by atoms with Crippen LogP contribution in [0.15, 0.2) is 24.3 Å². The van der Waals surface area contributed by atoms with E-state index < -0.39 is 0 Å². The number of nitriles is 1. The number of nitrogens with zero attached hydrogens (tertiary/aromatic N) is 3. The summed E-state index contributed by atoms with van der Waals surface area (Å²) in [5, 5.41) is 12.1. The normalized spacial score (nSPS) is 25.2. The molecule has 1 aromatic carbocycles. The quantitative estimate of drug-likeness (QED) is 0.613. The van der Waals surface area contributed by atoms with Crippen molar-refractivity contribution >= 4 is 5.91 Å². The molecular weight excluding hydrogens is 402 g/mol. The molecule has 7 nitrogen and oxygen atoms in total. The van der Waals surface area contributed by atoms with Crippen LogP contribution in [0.3, 0.4) is 0 Å². The molecule has 3 fully saturated rings. The van der Waals surface area contributed by atoms with Crippen molar-refractivity contribution in [3.05, 3.63) is 29.8 Å². The largest absolute Gasteiger partial charge is 0.494 e. The van der Waals surface area contributed by atoms with Gasteiger partial charge in [-0.25, -0.2) is 0 Å². The maximum absolute atomic E-state index is 12.5. The molecule has 1 amide bonds. The molecular formula is C25H37N5O2. The van der Waals surface area contributed by atoms with E-state index in [4.69, 9.17) is 15.7 Å². The lowest BCUT2D eigenvalue weighted by Crippen LogP contribution is -2.58. The van der Waals surface area contributed by atoms with Crippen molar-refractivity contribution in [2.75, 3.05) is 32.8 Å². The van der Waals surface area contributed by atoms with Gasteiger partial charge < -0.3 is 15.8 Å². The van der Waals surface area contributed by atoms with Crippen molar-refractivity contribution in [3.8, 4) is 11.8 Å². The van der Waals surface area contributed by atoms with Gasteiger partial charge in [0.2, 0.25) is 5.91 Å². The van der Waals surface area contributed by atoms with Gasteiger partial charge in [-0.3, -0.25) is 14.6 Å². The van der Waals surface area contributed by atoms with Crippen molar-refractivity contribution in [2.24, 2.45) is 5.73 Å². The Morgan fingerprint density at radius 3 is 2.47 bits per heavy atom. The highest BCUT2D eigenvalue weighted by atomic mass is 16.5. The summed E-state index contributed by atoms with van der Waals surface area (Å²) in [4.78, 5) is 17.4. The number of fused-ring (bicyclic) bond motifs is 2. The van der Waals surface area contributed by atoms with Gasteiger partial charge in [0.15, 0.2) is 0 Å². The third kappa shape index (κ3) is 6.22. The van der Waals surface area contributed by atoms with Gasteiger partial charge in [-0.05, 0) is 56.4 Å². The van der Waals surface area contributed by atoms with Crippen LogP contribution >= 0.6 is 0 Å². The van der Waals surface area contributed by atoms with Gasteiger partial charge >= 0.3 is 0 Å². The molecule has 7 heteroatoms. The fourth-order valence-corrected chi connectivity index (χ4v) is 5.54. The Kier molecular flexibility index (Phi) is 8.01. The molecule has 1 saturated carbocycles. The first-order valence-corrected chi connectivity index (χ1v) is 12.3. The molecule has 3 aliphatic rings. The van der Waals surface area contributed by atoms with E-state index in [0.717, 1.165) is 44.6 Å². The van der Waals surface area contributed by atoms with E-state index in [9.17, 15) is 4.79 Å². The highest BCUT2D eigenvalue weighted by Crippen LogP contribution is 2.30. The van der Waals surface area contributed by atoms with Crippen LogP contribution in [0, 0.1) is 11.3 Å². The van der Waals surface area contributed by atoms with E-state index in [1.807, 2.05) is 12.1 Å². The first kappa shape index (κ1) is 23.0. The molecule has 3 unspecified atom stereocenters. The first-order valence-electron chi connectivity index (χ1n) is 12.3. The fraction of sp³-hybridized carbons (Fsp3) is 0.680. The van der Waals surface area contributed by atoms with Crippen molar-refractivity contribution in [3.63, 3.8) is 0 Å². The Morgan fingerprint density at radius 1 is 1.12 bits per heavy atom. The predicted molar refractivity (Wildman–Crippen MR) is 124 cm³/mol. The number of piperazine rings is 1. The zero-order chi connectivity index (χ0) is 22.3. The second-order valence-corrected chi connectivity index (χ2v) is 9.71. The molecule has 2 aliphatic heterocycles. The Morgan fingerprint density at radius 2 is 1.81 bits per heavy atom. The lowest BCUT2D eigenvalue weighted by atomic mass is 9.95. The minimum atomic E-state index is 0.0673. The van der Waals surface area contributed by atoms with Crippen molar-refractivity contribution < 1.29 is 9.53 Å². The molecule has 1 aliphatic carbocycles. The van der Waals surface area contributed by atoms with Gasteiger partial charge in [0, 0.05) is 43.8 Å². The molecule has 174 valence electrons. The Bertz CT molecular complexity index is 773. The molecule has 2 saturated heterocycles. The van der Waals surface area contributed by atoms with Crippen molar-refractivity contribution in [1.82, 2.24) is 15.1 Å². The van der Waals surface area contributed by atoms with Gasteiger partial charge in [0.1, 0.15) is 5.75 Å². The zero-order valence-electron chi connectivity index (χ0n) is 19.0. The molecule has 0 radical (unpaired) electrons. The highest BCUT2D eigenvalue weighted by Gasteiger charge is 2.40. The van der Waals surface area contributed by atoms with E-state index in [-0.39, 0.29) is 11.9 Å². The van der Waals surface area contributed by atoms with Crippen LogP contribution in [0.4, 0.5) is 0 Å². The van der Waals surface area contributed by atoms with E-state index in [1.165, 1.54) is 32.1 Å². The molecule has 3 atom stereocenters. The van der Waals surface area contributed by atoms with E-state index >= 15 is 0 Å². The number of benzene rings is 1. The summed E-state index contributed by atoms with van der Waals surface area (Å²) in [5.41, 5.74) is 7.08. The van der Waals surface area contributed by atoms with E-state index in [1.54, 1.807) is 12.1 Å². The number of nitrogens with one attached hydrogen (secondary N) is 1. The third-order valence-corrected chi connectivity index (χ3v) is 7.23. The Labute approximate surface area is 191 Å². The van der Waals surface area contributed by atoms with Crippen LogP contribution in [0.1, 0.15) is 56.9 Å². The number of ether oxygens (including phenoxy) is 1. The summed E-state index contributed by atoms with van der Waals surface area (Å²) in [6, 6.07) is 10.8. The number of nitrogens with two attached hydrogens (primary N) is 1. The topological polar surface area (TPSA) is 94.6 Å². The van der Waals surface area contributed by atoms with Gasteiger partial charge in [-0.2, -0.15) is 5.26 Å². The molecule has 4 rings (SSSR count). The second kappa shape index (κ2) is 11.1. The molecule has 32 heavy (non-hydrogen) atoms. The van der Waals surface area contributed by atoms with Crippen molar-refractivity contribution in [2.45, 2.75) is 75.5 Å². The van der Waals surface area contributed by atoms with Crippen LogP contribution in [-0.2, 0) is 4.79 Å². The van der Waals surface area contributed by atoms with Crippen LogP contribution in [0.5, 0.6) is 5.75 Å². The van der Waals surface area contributed by atoms with Crippen LogP contribution < -0.4 is 15.8 Å². The predicted octanol–water partition coefficient (Wildman–Crippen LogP) is 2.25. The maximum Gasteiger partial charge on any atom is 0.234 e. The second-order valence-electron chi connectivity index (χ2n) is 9.71. The molecule has 2 bridgehead atoms. The average molecular weight is 440 g/mol. The maximum atomic E-state index is 12.5. The number of carbonyl (C=O) groups excluding carboxylic acids is 1. The van der Waals surface area contributed by atoms with E-state index in [0.29, 0.717) is 36.8 Å². The molecule has 1 aromatic rings. The summed E-state index contributed by atoms with van der Waals surface area (Å²) in [5.74, 6) is 0.970. The van der Waals surface area contributed by atoms with Gasteiger partial charge in [0.05, 0.1) is 24.8 Å². The summed E-state index contributed by atoms with van der Waals surface area (Å²) in [7, 11) is 0. The van der Waals surface area contributed by atoms with Crippen LogP contribution in [-0.4, -0.2) is 72.7 Å². The number of hydrogen-bond donors (Lipinski definition) is 2. The average Bonchev–Trinajstić information content (AvgIpc) is 3.02. The minimum absolute atomic E-state index is 0.0673. The first-order chi connectivity index (χ1) is 15.6. The third-order valence-electron chi connectivity index (χ3n) is 7.23. The summed E-state index contributed by atoms with van der Waals surface area (Å²) < 4.78 is 5.80. The van der Waals surface area contributed by atoms with Gasteiger partial charge in [0.25, 0.3) is 0 Å². The number of likely N-dealkylation sites (tertiary alicyclic amines) is 1. The fourth-order valence-electron chi connectivity index (χ4n) is 5.54. The van der Waals surface area contributed by atoms with Gasteiger partial charge in [-0.1, -0.05) is 19.3 Å². The Hall–Kier alpha value is -2.14. The highest BCUT2D eigenvalue weighted by molar-refractivity contribution is 5.78.